The highest BCUT2D eigenvalue weighted by atomic mass is 32.2. The lowest BCUT2D eigenvalue weighted by Gasteiger charge is -2.17. The predicted octanol–water partition coefficient (Wildman–Crippen LogP) is 4.84. The van der Waals surface area contributed by atoms with Crippen molar-refractivity contribution in [3.8, 4) is 11.1 Å². The van der Waals surface area contributed by atoms with Crippen LogP contribution in [0.4, 0.5) is 31.7 Å². The topological polar surface area (TPSA) is 112 Å². The highest BCUT2D eigenvalue weighted by Crippen LogP contribution is 2.36. The molecule has 4 aromatic rings. The Morgan fingerprint density at radius 2 is 1.76 bits per heavy atom. The number of anilines is 4. The average Bonchev–Trinajstić information content (AvgIpc) is 2.88. The number of nitrogens with one attached hydrogen (secondary N) is 3. The second-order valence-electron chi connectivity index (χ2n) is 8.93. The van der Waals surface area contributed by atoms with Gasteiger partial charge in [-0.25, -0.2) is 27.2 Å². The minimum Gasteiger partial charge on any atom is -0.383 e. The van der Waals surface area contributed by atoms with Gasteiger partial charge < -0.3 is 15.5 Å². The molecule has 0 aliphatic heterocycles. The molecule has 4 rings (SSSR count). The van der Waals surface area contributed by atoms with Crippen molar-refractivity contribution in [1.29, 1.82) is 0 Å². The molecule has 200 valence electrons. The summed E-state index contributed by atoms with van der Waals surface area (Å²) in [4.78, 5) is 14.7. The number of hydrogen-bond donors (Lipinski definition) is 3. The summed E-state index contributed by atoms with van der Waals surface area (Å²) in [6.45, 7) is 3.18. The maximum atomic E-state index is 15.3. The van der Waals surface area contributed by atoms with E-state index in [0.29, 0.717) is 23.9 Å². The van der Waals surface area contributed by atoms with E-state index in [2.05, 4.69) is 35.2 Å². The summed E-state index contributed by atoms with van der Waals surface area (Å²) in [6.07, 6.45) is 5.01. The molecule has 9 nitrogen and oxygen atoms in total. The number of halogens is 2. The maximum Gasteiger partial charge on any atom is 0.232 e. The Bertz CT molecular complexity index is 1530. The van der Waals surface area contributed by atoms with Crippen LogP contribution in [-0.4, -0.2) is 61.2 Å². The maximum absolute atomic E-state index is 15.3. The number of aromatic nitrogens is 3. The Labute approximate surface area is 220 Å². The second kappa shape index (κ2) is 11.7. The van der Waals surface area contributed by atoms with Crippen molar-refractivity contribution < 1.29 is 17.2 Å². The molecule has 3 N–H and O–H groups in total. The number of fused-ring (bicyclic) bond motifs is 1. The fourth-order valence-electron chi connectivity index (χ4n) is 3.89. The van der Waals surface area contributed by atoms with Gasteiger partial charge in [0.15, 0.2) is 5.82 Å². The van der Waals surface area contributed by atoms with E-state index in [0.717, 1.165) is 35.5 Å². The summed E-state index contributed by atoms with van der Waals surface area (Å²) in [5.41, 5.74) is 2.21. The van der Waals surface area contributed by atoms with Gasteiger partial charge in [0.25, 0.3) is 0 Å². The molecular formula is C26H29F2N7O2S. The Morgan fingerprint density at radius 3 is 2.47 bits per heavy atom. The first-order valence-electron chi connectivity index (χ1n) is 12.0. The molecule has 0 fully saturated rings. The van der Waals surface area contributed by atoms with Gasteiger partial charge >= 0.3 is 0 Å². The van der Waals surface area contributed by atoms with E-state index in [1.165, 1.54) is 6.33 Å². The highest BCUT2D eigenvalue weighted by Gasteiger charge is 2.20. The van der Waals surface area contributed by atoms with E-state index in [1.54, 1.807) is 19.3 Å². The molecule has 0 saturated heterocycles. The van der Waals surface area contributed by atoms with Crippen LogP contribution in [0, 0.1) is 11.6 Å². The van der Waals surface area contributed by atoms with Crippen LogP contribution in [-0.2, 0) is 10.0 Å². The molecule has 0 saturated carbocycles. The van der Waals surface area contributed by atoms with Gasteiger partial charge in [-0.15, -0.1) is 0 Å². The average molecular weight is 542 g/mol. The Balaban J connectivity index is 1.77. The van der Waals surface area contributed by atoms with Gasteiger partial charge in [-0.05, 0) is 62.5 Å². The number of pyridine rings is 1. The molecule has 2 aromatic heterocycles. The van der Waals surface area contributed by atoms with Gasteiger partial charge in [0.2, 0.25) is 10.0 Å². The first-order chi connectivity index (χ1) is 18.2. The van der Waals surface area contributed by atoms with Crippen molar-refractivity contribution in [3.63, 3.8) is 0 Å². The second-order valence-corrected chi connectivity index (χ2v) is 10.8. The van der Waals surface area contributed by atoms with Gasteiger partial charge in [0.1, 0.15) is 23.6 Å². The zero-order valence-corrected chi connectivity index (χ0v) is 22.1. The van der Waals surface area contributed by atoms with Crippen molar-refractivity contribution in [2.45, 2.75) is 13.3 Å². The van der Waals surface area contributed by atoms with Crippen LogP contribution in [0.1, 0.15) is 13.3 Å². The standard InChI is InChI=1S/C26H29F2N7O2S/c1-4-13-38(36,37)34-21-6-5-20(27)25(24(21)28)33-26-19-14-18(17-7-9-29-10-8-17)22(30-11-12-35(2)3)15-23(19)31-16-32-26/h5-10,14-16,30,34H,4,11-13H2,1-3H3,(H,31,32,33). The zero-order valence-electron chi connectivity index (χ0n) is 21.3. The molecule has 38 heavy (non-hydrogen) atoms. The molecule has 0 spiro atoms. The lowest BCUT2D eigenvalue weighted by atomic mass is 10.0. The summed E-state index contributed by atoms with van der Waals surface area (Å²) in [5, 5.41) is 6.68. The van der Waals surface area contributed by atoms with Crippen LogP contribution in [0.5, 0.6) is 0 Å². The largest absolute Gasteiger partial charge is 0.383 e. The van der Waals surface area contributed by atoms with Crippen molar-refractivity contribution in [3.05, 3.63) is 66.8 Å². The predicted molar refractivity (Wildman–Crippen MR) is 147 cm³/mol. The monoisotopic (exact) mass is 541 g/mol. The van der Waals surface area contributed by atoms with Crippen LogP contribution in [0.25, 0.3) is 22.0 Å². The van der Waals surface area contributed by atoms with E-state index in [4.69, 9.17) is 0 Å². The summed E-state index contributed by atoms with van der Waals surface area (Å²) in [7, 11) is 0.191. The van der Waals surface area contributed by atoms with Crippen LogP contribution < -0.4 is 15.4 Å². The third-order valence-electron chi connectivity index (χ3n) is 5.71. The van der Waals surface area contributed by atoms with Crippen molar-refractivity contribution >= 4 is 43.8 Å². The van der Waals surface area contributed by atoms with Gasteiger partial charge in [-0.2, -0.15) is 0 Å². The SMILES string of the molecule is CCCS(=O)(=O)Nc1ccc(F)c(Nc2ncnc3cc(NCCN(C)C)c(-c4ccncc4)cc23)c1F. The molecule has 0 aliphatic rings. The normalized spacial score (nSPS) is 11.6. The molecule has 12 heteroatoms. The first kappa shape index (κ1) is 27.1. The van der Waals surface area contributed by atoms with Gasteiger partial charge in [-0.1, -0.05) is 6.92 Å². The Hall–Kier alpha value is -3.90. The third-order valence-corrected chi connectivity index (χ3v) is 7.19. The quantitative estimate of drug-likeness (QED) is 0.247. The summed E-state index contributed by atoms with van der Waals surface area (Å²) in [5.74, 6) is -2.00. The summed E-state index contributed by atoms with van der Waals surface area (Å²) < 4.78 is 56.6. The van der Waals surface area contributed by atoms with Gasteiger partial charge in [0, 0.05) is 42.1 Å². The number of nitrogens with zero attached hydrogens (tertiary/aromatic N) is 4. The Kier molecular flexibility index (Phi) is 8.32. The van der Waals surface area contributed by atoms with E-state index >= 15 is 4.39 Å². The van der Waals surface area contributed by atoms with Crippen molar-refractivity contribution in [2.24, 2.45) is 0 Å². The van der Waals surface area contributed by atoms with E-state index < -0.39 is 27.3 Å². The van der Waals surface area contributed by atoms with Crippen LogP contribution in [0.15, 0.2) is 55.1 Å². The smallest absolute Gasteiger partial charge is 0.232 e. The molecule has 2 aromatic carbocycles. The number of likely N-dealkylation sites (N-methyl/N-ethyl adjacent to an activating group) is 1. The lowest BCUT2D eigenvalue weighted by molar-refractivity contribution is 0.425. The number of sulfonamides is 1. The Morgan fingerprint density at radius 1 is 1.00 bits per heavy atom. The molecule has 0 aliphatic carbocycles. The number of benzene rings is 2. The number of rotatable bonds is 11. The fraction of sp³-hybridized carbons (Fsp3) is 0.269. The highest BCUT2D eigenvalue weighted by molar-refractivity contribution is 7.92. The molecule has 0 atom stereocenters. The molecule has 0 radical (unpaired) electrons. The van der Waals surface area contributed by atoms with Crippen LogP contribution in [0.3, 0.4) is 0 Å². The summed E-state index contributed by atoms with van der Waals surface area (Å²) >= 11 is 0. The van der Waals surface area contributed by atoms with Crippen LogP contribution in [0.2, 0.25) is 0 Å². The third kappa shape index (κ3) is 6.32. The molecule has 0 bridgehead atoms. The van der Waals surface area contributed by atoms with E-state index in [-0.39, 0.29) is 17.3 Å². The molecule has 0 amide bonds. The number of hydrogen-bond acceptors (Lipinski definition) is 8. The zero-order chi connectivity index (χ0) is 27.3. The first-order valence-corrected chi connectivity index (χ1v) is 13.7. The molecule has 0 unspecified atom stereocenters. The van der Waals surface area contributed by atoms with Gasteiger partial charge in [0.05, 0.1) is 17.0 Å². The summed E-state index contributed by atoms with van der Waals surface area (Å²) in [6, 6.07) is 9.47. The van der Waals surface area contributed by atoms with Crippen molar-refractivity contribution in [2.75, 3.05) is 48.3 Å². The van der Waals surface area contributed by atoms with E-state index in [1.807, 2.05) is 38.4 Å². The minimum absolute atomic E-state index is 0.163. The lowest BCUT2D eigenvalue weighted by Crippen LogP contribution is -2.21. The fourth-order valence-corrected chi connectivity index (χ4v) is 5.02. The van der Waals surface area contributed by atoms with E-state index in [9.17, 15) is 12.8 Å². The molecule has 2 heterocycles. The van der Waals surface area contributed by atoms with Crippen molar-refractivity contribution in [1.82, 2.24) is 19.9 Å². The van der Waals surface area contributed by atoms with Crippen LogP contribution >= 0.6 is 0 Å². The minimum atomic E-state index is -3.78. The van der Waals surface area contributed by atoms with Gasteiger partial charge in [-0.3, -0.25) is 9.71 Å². The molecular weight excluding hydrogens is 512 g/mol.